The molecule has 7 heteroatoms. The summed E-state index contributed by atoms with van der Waals surface area (Å²) in [7, 11) is -1.37. The third kappa shape index (κ3) is 3.20. The molecule has 1 atom stereocenters. The van der Waals surface area contributed by atoms with Crippen LogP contribution in [0.5, 0.6) is 0 Å². The van der Waals surface area contributed by atoms with Crippen molar-refractivity contribution in [2.45, 2.75) is 51.0 Å². The summed E-state index contributed by atoms with van der Waals surface area (Å²) in [5.74, 6) is 2.12. The van der Waals surface area contributed by atoms with Gasteiger partial charge in [0.1, 0.15) is 0 Å². The zero-order chi connectivity index (χ0) is 17.8. The molecule has 2 amide bonds. The predicted molar refractivity (Wildman–Crippen MR) is 93.4 cm³/mol. The molecule has 0 spiro atoms. The Labute approximate surface area is 149 Å². The summed E-state index contributed by atoms with van der Waals surface area (Å²) in [4.78, 5) is 26.8. The van der Waals surface area contributed by atoms with Crippen LogP contribution in [0.3, 0.4) is 0 Å². The fourth-order valence-electron chi connectivity index (χ4n) is 6.14. The van der Waals surface area contributed by atoms with Crippen LogP contribution in [0.4, 0.5) is 0 Å². The highest BCUT2D eigenvalue weighted by Gasteiger charge is 2.54. The molecule has 1 aliphatic heterocycles. The largest absolute Gasteiger partial charge is 0.347 e. The predicted octanol–water partition coefficient (Wildman–Crippen LogP) is 0.965. The maximum atomic E-state index is 12.9. The summed E-state index contributed by atoms with van der Waals surface area (Å²) in [5.41, 5.74) is -0.246. The van der Waals surface area contributed by atoms with Gasteiger partial charge in [0.2, 0.25) is 11.8 Å². The van der Waals surface area contributed by atoms with Crippen LogP contribution in [0.25, 0.3) is 0 Å². The van der Waals surface area contributed by atoms with E-state index in [9.17, 15) is 18.0 Å². The van der Waals surface area contributed by atoms with E-state index in [1.165, 1.54) is 24.2 Å². The van der Waals surface area contributed by atoms with Gasteiger partial charge in [0, 0.05) is 18.5 Å². The van der Waals surface area contributed by atoms with Gasteiger partial charge in [-0.25, -0.2) is 8.42 Å². The van der Waals surface area contributed by atoms with Gasteiger partial charge in [-0.2, -0.15) is 0 Å². The lowest BCUT2D eigenvalue weighted by Gasteiger charge is -2.55. The van der Waals surface area contributed by atoms with Gasteiger partial charge in [-0.1, -0.05) is 0 Å². The van der Waals surface area contributed by atoms with Crippen LogP contribution in [-0.4, -0.2) is 56.3 Å². The molecule has 4 bridgehead atoms. The zero-order valence-electron chi connectivity index (χ0n) is 14.9. The number of hydrogen-bond donors (Lipinski definition) is 1. The average Bonchev–Trinajstić information content (AvgIpc) is 2.90. The summed E-state index contributed by atoms with van der Waals surface area (Å²) in [5, 5.41) is 2.88. The number of amides is 2. The first-order chi connectivity index (χ1) is 11.8. The number of nitrogens with zero attached hydrogens (tertiary/aromatic N) is 1. The zero-order valence-corrected chi connectivity index (χ0v) is 15.7. The van der Waals surface area contributed by atoms with Crippen LogP contribution in [0, 0.1) is 23.2 Å². The van der Waals surface area contributed by atoms with Crippen molar-refractivity contribution >= 4 is 21.7 Å². The van der Waals surface area contributed by atoms with Gasteiger partial charge in [-0.05, 0) is 62.7 Å². The Morgan fingerprint density at radius 3 is 2.12 bits per heavy atom. The highest BCUT2D eigenvalue weighted by Crippen LogP contribution is 2.60. The van der Waals surface area contributed by atoms with Crippen molar-refractivity contribution in [3.05, 3.63) is 0 Å². The second-order valence-electron chi connectivity index (χ2n) is 8.94. The van der Waals surface area contributed by atoms with Crippen molar-refractivity contribution in [3.63, 3.8) is 0 Å². The number of likely N-dealkylation sites (N-methyl/N-ethyl adjacent to an activating group) is 1. The van der Waals surface area contributed by atoms with Crippen molar-refractivity contribution in [2.75, 3.05) is 25.1 Å². The molecule has 25 heavy (non-hydrogen) atoms. The number of hydrogen-bond acceptors (Lipinski definition) is 4. The molecule has 0 aromatic heterocycles. The molecule has 1 unspecified atom stereocenters. The van der Waals surface area contributed by atoms with Crippen LogP contribution >= 0.6 is 0 Å². The van der Waals surface area contributed by atoms with E-state index in [1.54, 1.807) is 7.05 Å². The number of rotatable bonds is 4. The molecule has 140 valence electrons. The Kier molecular flexibility index (Phi) is 4.13. The van der Waals surface area contributed by atoms with Gasteiger partial charge >= 0.3 is 0 Å². The monoisotopic (exact) mass is 368 g/mol. The topological polar surface area (TPSA) is 83.6 Å². The Bertz CT molecular complexity index is 652. The van der Waals surface area contributed by atoms with Crippen LogP contribution < -0.4 is 5.32 Å². The molecule has 5 rings (SSSR count). The molecule has 1 heterocycles. The molecule has 1 saturated heterocycles. The van der Waals surface area contributed by atoms with Crippen molar-refractivity contribution in [1.82, 2.24) is 10.2 Å². The van der Waals surface area contributed by atoms with Gasteiger partial charge in [0.15, 0.2) is 9.84 Å². The standard InChI is InChI=1S/C18H28N2O4S/c1-20(15-2-3-25(23,24)11-15)16(21)10-19-17(22)18-7-12-4-13(8-18)6-14(5-12)9-18/h12-15H,2-11H2,1H3,(H,19,22). The number of nitrogens with one attached hydrogen (secondary N) is 1. The summed E-state index contributed by atoms with van der Waals surface area (Å²) in [6, 6.07) is -0.256. The number of sulfone groups is 1. The molecular weight excluding hydrogens is 340 g/mol. The Morgan fingerprint density at radius 1 is 1.08 bits per heavy atom. The number of carbonyl (C=O) groups excluding carboxylic acids is 2. The first-order valence-electron chi connectivity index (χ1n) is 9.51. The quantitative estimate of drug-likeness (QED) is 0.801. The lowest BCUT2D eigenvalue weighted by atomic mass is 9.49. The second-order valence-corrected chi connectivity index (χ2v) is 11.2. The molecular formula is C18H28N2O4S. The van der Waals surface area contributed by atoms with E-state index in [2.05, 4.69) is 5.32 Å². The van der Waals surface area contributed by atoms with Gasteiger partial charge < -0.3 is 10.2 Å². The second kappa shape index (κ2) is 5.96. The smallest absolute Gasteiger partial charge is 0.241 e. The molecule has 5 aliphatic rings. The first kappa shape index (κ1) is 17.3. The molecule has 0 aromatic rings. The minimum atomic E-state index is -3.02. The van der Waals surface area contributed by atoms with Crippen LogP contribution in [-0.2, 0) is 19.4 Å². The normalized spacial score (nSPS) is 40.8. The van der Waals surface area contributed by atoms with E-state index in [0.717, 1.165) is 19.3 Å². The summed E-state index contributed by atoms with van der Waals surface area (Å²) in [6.07, 6.45) is 7.29. The Balaban J connectivity index is 1.34. The fourth-order valence-corrected chi connectivity index (χ4v) is 7.92. The molecule has 4 aliphatic carbocycles. The van der Waals surface area contributed by atoms with E-state index < -0.39 is 9.84 Å². The molecule has 5 fully saturated rings. The third-order valence-corrected chi connectivity index (χ3v) is 8.82. The molecule has 0 radical (unpaired) electrons. The summed E-state index contributed by atoms with van der Waals surface area (Å²) in [6.45, 7) is -0.0202. The van der Waals surface area contributed by atoms with E-state index in [4.69, 9.17) is 0 Å². The summed E-state index contributed by atoms with van der Waals surface area (Å²) >= 11 is 0. The van der Waals surface area contributed by atoms with Crippen LogP contribution in [0.1, 0.15) is 44.9 Å². The SMILES string of the molecule is CN(C(=O)CNC(=O)C12CC3CC(CC(C3)C1)C2)C1CCS(=O)(=O)C1. The minimum absolute atomic E-state index is 0.0202. The first-order valence-corrected chi connectivity index (χ1v) is 11.3. The Hall–Kier alpha value is -1.11. The van der Waals surface area contributed by atoms with Crippen LogP contribution in [0.15, 0.2) is 0 Å². The van der Waals surface area contributed by atoms with Crippen molar-refractivity contribution < 1.29 is 18.0 Å². The Morgan fingerprint density at radius 2 is 1.64 bits per heavy atom. The third-order valence-electron chi connectivity index (χ3n) is 7.07. The highest BCUT2D eigenvalue weighted by atomic mass is 32.2. The van der Waals surface area contributed by atoms with Crippen LogP contribution in [0.2, 0.25) is 0 Å². The van der Waals surface area contributed by atoms with Crippen molar-refractivity contribution in [1.29, 1.82) is 0 Å². The molecule has 1 N–H and O–H groups in total. The van der Waals surface area contributed by atoms with Crippen molar-refractivity contribution in [2.24, 2.45) is 23.2 Å². The average molecular weight is 368 g/mol. The van der Waals surface area contributed by atoms with Gasteiger partial charge in [-0.15, -0.1) is 0 Å². The van der Waals surface area contributed by atoms with Gasteiger partial charge in [0.25, 0.3) is 0 Å². The highest BCUT2D eigenvalue weighted by molar-refractivity contribution is 7.91. The van der Waals surface area contributed by atoms with E-state index in [1.807, 2.05) is 0 Å². The van der Waals surface area contributed by atoms with E-state index >= 15 is 0 Å². The summed E-state index contributed by atoms with van der Waals surface area (Å²) < 4.78 is 23.2. The van der Waals surface area contributed by atoms with E-state index in [0.29, 0.717) is 24.2 Å². The maximum absolute atomic E-state index is 12.9. The minimum Gasteiger partial charge on any atom is -0.347 e. The molecule has 4 saturated carbocycles. The number of carbonyl (C=O) groups is 2. The fraction of sp³-hybridized carbons (Fsp3) is 0.889. The van der Waals surface area contributed by atoms with Gasteiger partial charge in [-0.3, -0.25) is 9.59 Å². The van der Waals surface area contributed by atoms with E-state index in [-0.39, 0.29) is 41.3 Å². The molecule has 6 nitrogen and oxygen atoms in total. The lowest BCUT2D eigenvalue weighted by Crippen LogP contribution is -2.55. The van der Waals surface area contributed by atoms with Gasteiger partial charge in [0.05, 0.1) is 18.1 Å². The lowest BCUT2D eigenvalue weighted by molar-refractivity contribution is -0.148. The maximum Gasteiger partial charge on any atom is 0.241 e. The molecule has 0 aromatic carbocycles. The van der Waals surface area contributed by atoms with Crippen molar-refractivity contribution in [3.8, 4) is 0 Å².